The van der Waals surface area contributed by atoms with E-state index in [1.807, 2.05) is 33.8 Å². The van der Waals surface area contributed by atoms with Crippen LogP contribution in [0.1, 0.15) is 87.1 Å². The average Bonchev–Trinajstić information content (AvgIpc) is 3.11. The van der Waals surface area contributed by atoms with Crippen molar-refractivity contribution in [3.05, 3.63) is 35.9 Å². The van der Waals surface area contributed by atoms with Crippen LogP contribution in [0.15, 0.2) is 30.3 Å². The largest absolute Gasteiger partial charge is 0.467 e. The van der Waals surface area contributed by atoms with Crippen molar-refractivity contribution in [1.82, 2.24) is 37.4 Å². The fraction of sp³-hybridized carbons (Fsp3) is 0.639. The van der Waals surface area contributed by atoms with E-state index in [2.05, 4.69) is 37.4 Å². The number of ether oxygens (including phenoxy) is 2. The topological polar surface area (TPSA) is 222 Å². The van der Waals surface area contributed by atoms with Crippen LogP contribution in [0, 0.1) is 23.7 Å². The molecule has 0 aromatic heterocycles. The molecular formula is C36H59N7O9. The first-order chi connectivity index (χ1) is 24.4. The Labute approximate surface area is 307 Å². The molecule has 0 heterocycles. The van der Waals surface area contributed by atoms with E-state index in [-0.39, 0.29) is 30.8 Å². The third-order valence-electron chi connectivity index (χ3n) is 8.57. The van der Waals surface area contributed by atoms with Gasteiger partial charge in [-0.25, -0.2) is 19.8 Å². The van der Waals surface area contributed by atoms with Crippen LogP contribution in [-0.4, -0.2) is 79.0 Å². The van der Waals surface area contributed by atoms with Crippen molar-refractivity contribution in [3.8, 4) is 0 Å². The molecule has 1 aromatic carbocycles. The van der Waals surface area contributed by atoms with Gasteiger partial charge in [0, 0.05) is 0 Å². The van der Waals surface area contributed by atoms with Crippen molar-refractivity contribution in [2.75, 3.05) is 7.11 Å². The minimum Gasteiger partial charge on any atom is -0.467 e. The third kappa shape index (κ3) is 15.6. The van der Waals surface area contributed by atoms with Crippen molar-refractivity contribution in [1.29, 1.82) is 0 Å². The van der Waals surface area contributed by atoms with E-state index >= 15 is 0 Å². The summed E-state index contributed by atoms with van der Waals surface area (Å²) in [7, 11) is 1.22. The molecule has 1 aromatic rings. The summed E-state index contributed by atoms with van der Waals surface area (Å²) in [6.45, 7) is 15.8. The zero-order valence-electron chi connectivity index (χ0n) is 32.1. The van der Waals surface area contributed by atoms with Crippen molar-refractivity contribution in [2.45, 2.75) is 118 Å². The minimum absolute atomic E-state index is 0.0124. The predicted molar refractivity (Wildman–Crippen MR) is 194 cm³/mol. The number of methoxy groups -OCH3 is 1. The van der Waals surface area contributed by atoms with Gasteiger partial charge in [-0.2, -0.15) is 0 Å². The number of urea groups is 1. The van der Waals surface area contributed by atoms with E-state index in [0.29, 0.717) is 12.8 Å². The lowest BCUT2D eigenvalue weighted by atomic mass is 9.96. The molecule has 0 bridgehead atoms. The molecule has 7 N–H and O–H groups in total. The maximum atomic E-state index is 13.5. The molecule has 0 aliphatic carbocycles. The smallest absolute Gasteiger partial charge is 0.408 e. The molecule has 0 unspecified atom stereocenters. The number of hydrogen-bond donors (Lipinski definition) is 7. The standard InChI is InChI=1S/C36H59N7O9/c1-11-22(7)28(32(46)39-27(21(5)6)34(48)51-10)41-35(49)43-42-33(47)29(23(8)12-2)40-31(45)26(18-20(3)4)38-30(44)24(9)37-36(50)52-19-25-16-14-13-15-17-25/h13-17,20-24,26-29H,11-12,18-19H2,1-10H3,(H,37,50)(H,38,44)(H,39,46)(H,40,45)(H,42,47)(H2,41,43,49)/t22-,23-,24-,26-,27-,28-,29-/m0/s1. The monoisotopic (exact) mass is 733 g/mol. The van der Waals surface area contributed by atoms with Crippen molar-refractivity contribution < 1.29 is 43.0 Å². The Morgan fingerprint density at radius 2 is 1.19 bits per heavy atom. The summed E-state index contributed by atoms with van der Waals surface area (Å²) >= 11 is 0. The number of nitrogens with one attached hydrogen (secondary N) is 7. The highest BCUT2D eigenvalue weighted by Crippen LogP contribution is 2.13. The van der Waals surface area contributed by atoms with Crippen molar-refractivity contribution >= 4 is 41.7 Å². The molecule has 52 heavy (non-hydrogen) atoms. The number of alkyl carbamates (subject to hydrolysis) is 1. The Kier molecular flexibility index (Phi) is 19.8. The molecule has 0 radical (unpaired) electrons. The number of hydrogen-bond acceptors (Lipinski definition) is 9. The summed E-state index contributed by atoms with van der Waals surface area (Å²) in [4.78, 5) is 90.4. The van der Waals surface area contributed by atoms with Gasteiger partial charge in [0.2, 0.25) is 17.7 Å². The molecule has 0 aliphatic rings. The fourth-order valence-electron chi connectivity index (χ4n) is 4.91. The predicted octanol–water partition coefficient (Wildman–Crippen LogP) is 2.42. The van der Waals surface area contributed by atoms with Crippen LogP contribution in [0.25, 0.3) is 0 Å². The molecule has 1 rings (SSSR count). The molecule has 292 valence electrons. The highest BCUT2D eigenvalue weighted by atomic mass is 16.5. The average molecular weight is 734 g/mol. The molecule has 7 atom stereocenters. The highest BCUT2D eigenvalue weighted by molar-refractivity contribution is 5.95. The molecule has 7 amide bonds. The number of rotatable bonds is 19. The maximum absolute atomic E-state index is 13.5. The number of hydrazine groups is 1. The lowest BCUT2D eigenvalue weighted by Gasteiger charge is -2.28. The molecule has 0 saturated carbocycles. The normalized spacial score (nSPS) is 15.0. The van der Waals surface area contributed by atoms with Crippen molar-refractivity contribution in [2.24, 2.45) is 23.7 Å². The number of esters is 1. The van der Waals surface area contributed by atoms with E-state index in [9.17, 15) is 33.6 Å². The van der Waals surface area contributed by atoms with Crippen LogP contribution in [0.2, 0.25) is 0 Å². The van der Waals surface area contributed by atoms with Crippen LogP contribution < -0.4 is 37.4 Å². The first-order valence-corrected chi connectivity index (χ1v) is 17.8. The summed E-state index contributed by atoms with van der Waals surface area (Å²) in [5.74, 6) is -4.28. The molecular weight excluding hydrogens is 674 g/mol. The Hall–Kier alpha value is -4.89. The fourth-order valence-corrected chi connectivity index (χ4v) is 4.91. The van der Waals surface area contributed by atoms with Gasteiger partial charge in [-0.15, -0.1) is 0 Å². The van der Waals surface area contributed by atoms with Crippen LogP contribution in [-0.2, 0) is 40.1 Å². The summed E-state index contributed by atoms with van der Waals surface area (Å²) in [6, 6.07) is 2.94. The van der Waals surface area contributed by atoms with Gasteiger partial charge >= 0.3 is 18.1 Å². The van der Waals surface area contributed by atoms with E-state index < -0.39 is 77.8 Å². The number of amides is 7. The Morgan fingerprint density at radius 1 is 0.635 bits per heavy atom. The molecule has 0 fully saturated rings. The van der Waals surface area contributed by atoms with Crippen LogP contribution in [0.5, 0.6) is 0 Å². The lowest BCUT2D eigenvalue weighted by Crippen LogP contribution is -2.61. The van der Waals surface area contributed by atoms with Crippen molar-refractivity contribution in [3.63, 3.8) is 0 Å². The van der Waals surface area contributed by atoms with Gasteiger partial charge in [0.15, 0.2) is 0 Å². The zero-order valence-corrected chi connectivity index (χ0v) is 32.1. The van der Waals surface area contributed by atoms with Gasteiger partial charge < -0.3 is 36.1 Å². The Balaban J connectivity index is 2.93. The number of carbonyl (C=O) groups excluding carboxylic acids is 7. The van der Waals surface area contributed by atoms with Gasteiger partial charge in [-0.3, -0.25) is 24.6 Å². The molecule has 16 heteroatoms. The van der Waals surface area contributed by atoms with Gasteiger partial charge in [0.1, 0.15) is 36.8 Å². The minimum atomic E-state index is -1.12. The van der Waals surface area contributed by atoms with Gasteiger partial charge in [0.25, 0.3) is 5.91 Å². The zero-order chi connectivity index (χ0) is 39.5. The first kappa shape index (κ1) is 45.1. The van der Waals surface area contributed by atoms with E-state index in [1.165, 1.54) is 14.0 Å². The van der Waals surface area contributed by atoms with Crippen LogP contribution in [0.3, 0.4) is 0 Å². The van der Waals surface area contributed by atoms with Gasteiger partial charge in [-0.05, 0) is 42.6 Å². The second-order valence-corrected chi connectivity index (χ2v) is 13.7. The quantitative estimate of drug-likeness (QED) is 0.0819. The highest BCUT2D eigenvalue weighted by Gasteiger charge is 2.34. The molecule has 0 aliphatic heterocycles. The van der Waals surface area contributed by atoms with E-state index in [1.54, 1.807) is 52.0 Å². The molecule has 0 spiro atoms. The Morgan fingerprint density at radius 3 is 1.71 bits per heavy atom. The Bertz CT molecular complexity index is 1340. The second-order valence-electron chi connectivity index (χ2n) is 13.7. The van der Waals surface area contributed by atoms with Crippen LogP contribution in [0.4, 0.5) is 9.59 Å². The summed E-state index contributed by atoms with van der Waals surface area (Å²) in [5, 5.41) is 13.0. The van der Waals surface area contributed by atoms with Gasteiger partial charge in [0.05, 0.1) is 7.11 Å². The summed E-state index contributed by atoms with van der Waals surface area (Å²) in [5.41, 5.74) is 5.32. The molecule has 0 saturated heterocycles. The third-order valence-corrected chi connectivity index (χ3v) is 8.57. The lowest BCUT2D eigenvalue weighted by molar-refractivity contribution is -0.146. The summed E-state index contributed by atoms with van der Waals surface area (Å²) < 4.78 is 9.98. The van der Waals surface area contributed by atoms with Gasteiger partial charge in [-0.1, -0.05) is 98.6 Å². The van der Waals surface area contributed by atoms with E-state index in [4.69, 9.17) is 9.47 Å². The number of carbonyl (C=O) groups is 7. The number of benzene rings is 1. The SMILES string of the molecule is CC[C@H](C)[C@H](NC(=O)NNC(=O)[C@@H](NC(=O)[C@H](CC(C)C)NC(=O)[C@H](C)NC(=O)OCc1ccccc1)[C@@H](C)CC)C(=O)N[C@H](C(=O)OC)C(C)C. The summed E-state index contributed by atoms with van der Waals surface area (Å²) in [6.07, 6.45) is 0.410. The first-order valence-electron chi connectivity index (χ1n) is 17.8. The second kappa shape index (κ2) is 22.8. The molecule has 16 nitrogen and oxygen atoms in total. The van der Waals surface area contributed by atoms with Crippen LogP contribution >= 0.6 is 0 Å². The van der Waals surface area contributed by atoms with E-state index in [0.717, 1.165) is 5.56 Å². The maximum Gasteiger partial charge on any atom is 0.408 e.